The fraction of sp³-hybridized carbons (Fsp3) is 0.273. The lowest BCUT2D eigenvalue weighted by Gasteiger charge is -2.30. The Hall–Kier alpha value is -2.66. The summed E-state index contributed by atoms with van der Waals surface area (Å²) >= 11 is 5.96. The summed E-state index contributed by atoms with van der Waals surface area (Å²) in [4.78, 5) is 27.1. The van der Waals surface area contributed by atoms with Crippen LogP contribution in [-0.2, 0) is 14.3 Å². The third kappa shape index (κ3) is 4.98. The van der Waals surface area contributed by atoms with E-state index in [1.54, 1.807) is 29.2 Å². The van der Waals surface area contributed by atoms with Gasteiger partial charge in [0.15, 0.2) is 0 Å². The van der Waals surface area contributed by atoms with Crippen LogP contribution in [0.1, 0.15) is 36.5 Å². The Kier molecular flexibility index (Phi) is 6.82. The van der Waals surface area contributed by atoms with Crippen molar-refractivity contribution in [2.75, 3.05) is 13.1 Å². The van der Waals surface area contributed by atoms with Crippen LogP contribution in [0.4, 0.5) is 4.39 Å². The van der Waals surface area contributed by atoms with E-state index in [4.69, 9.17) is 16.3 Å². The van der Waals surface area contributed by atoms with Crippen molar-refractivity contribution >= 4 is 29.6 Å². The minimum absolute atomic E-state index is 0.0970. The van der Waals surface area contributed by atoms with Gasteiger partial charge in [-0.15, -0.1) is 0 Å². The molecule has 0 unspecified atom stereocenters. The van der Waals surface area contributed by atoms with Crippen molar-refractivity contribution in [3.63, 3.8) is 0 Å². The number of hydrogen-bond donors (Lipinski definition) is 0. The Morgan fingerprint density at radius 1 is 1.04 bits per heavy atom. The second kappa shape index (κ2) is 9.51. The predicted octanol–water partition coefficient (Wildman–Crippen LogP) is 4.79. The van der Waals surface area contributed by atoms with Crippen LogP contribution in [0.2, 0.25) is 5.02 Å². The van der Waals surface area contributed by atoms with Crippen molar-refractivity contribution in [3.8, 4) is 0 Å². The molecular weight excluding hydrogens is 381 g/mol. The number of rotatable bonds is 5. The van der Waals surface area contributed by atoms with Gasteiger partial charge in [-0.3, -0.25) is 4.79 Å². The normalized spacial score (nSPS) is 15.4. The molecule has 0 bridgehead atoms. The average molecular weight is 402 g/mol. The summed E-state index contributed by atoms with van der Waals surface area (Å²) in [6.07, 6.45) is 4.27. The SMILES string of the molecule is O=C(/C=C/c1c(F)cccc1Cl)O[C@@H](C(=O)N1CCCCC1)c1ccccc1. The number of halogens is 2. The number of hydrogen-bond acceptors (Lipinski definition) is 3. The van der Waals surface area contributed by atoms with E-state index in [9.17, 15) is 14.0 Å². The van der Waals surface area contributed by atoms with Crippen LogP contribution in [-0.4, -0.2) is 29.9 Å². The lowest BCUT2D eigenvalue weighted by atomic mass is 10.1. The summed E-state index contributed by atoms with van der Waals surface area (Å²) < 4.78 is 19.3. The summed E-state index contributed by atoms with van der Waals surface area (Å²) in [6, 6.07) is 13.2. The molecule has 3 rings (SSSR count). The fourth-order valence-corrected chi connectivity index (χ4v) is 3.37. The van der Waals surface area contributed by atoms with Crippen molar-refractivity contribution in [1.82, 2.24) is 4.90 Å². The number of nitrogens with zero attached hydrogens (tertiary/aromatic N) is 1. The Bertz CT molecular complexity index is 843. The fourth-order valence-electron chi connectivity index (χ4n) is 3.15. The molecule has 2 aromatic rings. The van der Waals surface area contributed by atoms with Gasteiger partial charge in [-0.1, -0.05) is 48.0 Å². The summed E-state index contributed by atoms with van der Waals surface area (Å²) in [6.45, 7) is 1.31. The van der Waals surface area contributed by atoms with E-state index in [1.165, 1.54) is 24.3 Å². The molecule has 1 saturated heterocycles. The maximum Gasteiger partial charge on any atom is 0.331 e. The largest absolute Gasteiger partial charge is 0.444 e. The second-order valence-corrected chi connectivity index (χ2v) is 6.99. The molecule has 1 atom stereocenters. The van der Waals surface area contributed by atoms with Crippen molar-refractivity contribution in [3.05, 3.63) is 76.6 Å². The van der Waals surface area contributed by atoms with Crippen LogP contribution < -0.4 is 0 Å². The van der Waals surface area contributed by atoms with Gasteiger partial charge in [0.1, 0.15) is 5.82 Å². The third-order valence-electron chi connectivity index (χ3n) is 4.61. The van der Waals surface area contributed by atoms with E-state index in [2.05, 4.69) is 0 Å². The molecule has 0 aromatic heterocycles. The number of ether oxygens (including phenoxy) is 1. The maximum atomic E-state index is 13.9. The Labute approximate surface area is 168 Å². The highest BCUT2D eigenvalue weighted by atomic mass is 35.5. The first-order valence-corrected chi connectivity index (χ1v) is 9.60. The van der Waals surface area contributed by atoms with Crippen molar-refractivity contribution in [2.24, 2.45) is 0 Å². The molecule has 0 N–H and O–H groups in total. The predicted molar refractivity (Wildman–Crippen MR) is 106 cm³/mol. The standard InChI is InChI=1S/C22H21ClFNO3/c23-18-10-7-11-19(24)17(18)12-13-20(26)28-21(16-8-3-1-4-9-16)22(27)25-14-5-2-6-15-25/h1,3-4,7-13,21H,2,5-6,14-15H2/b13-12+/t21-/m1/s1. The van der Waals surface area contributed by atoms with Gasteiger partial charge in [0.05, 0.1) is 5.02 Å². The van der Waals surface area contributed by atoms with Crippen molar-refractivity contribution in [2.45, 2.75) is 25.4 Å². The monoisotopic (exact) mass is 401 g/mol. The molecule has 0 radical (unpaired) electrons. The van der Waals surface area contributed by atoms with Gasteiger partial charge < -0.3 is 9.64 Å². The Balaban J connectivity index is 1.78. The number of amides is 1. The highest BCUT2D eigenvalue weighted by molar-refractivity contribution is 6.32. The molecule has 0 saturated carbocycles. The van der Waals surface area contributed by atoms with Gasteiger partial charge in [-0.25, -0.2) is 9.18 Å². The summed E-state index contributed by atoms with van der Waals surface area (Å²) in [5.74, 6) is -1.52. The van der Waals surface area contributed by atoms with E-state index < -0.39 is 17.9 Å². The van der Waals surface area contributed by atoms with E-state index in [1.807, 2.05) is 6.07 Å². The lowest BCUT2D eigenvalue weighted by Crippen LogP contribution is -2.40. The molecule has 4 nitrogen and oxygen atoms in total. The molecule has 1 heterocycles. The van der Waals surface area contributed by atoms with Crippen molar-refractivity contribution in [1.29, 1.82) is 0 Å². The quantitative estimate of drug-likeness (QED) is 0.534. The van der Waals surface area contributed by atoms with Crippen molar-refractivity contribution < 1.29 is 18.7 Å². The van der Waals surface area contributed by atoms with Crippen LogP contribution in [0, 0.1) is 5.82 Å². The number of likely N-dealkylation sites (tertiary alicyclic amines) is 1. The van der Waals surface area contributed by atoms with Gasteiger partial charge in [0.25, 0.3) is 5.91 Å². The van der Waals surface area contributed by atoms with E-state index in [0.29, 0.717) is 18.7 Å². The molecule has 1 aliphatic heterocycles. The molecule has 2 aromatic carbocycles. The smallest absolute Gasteiger partial charge is 0.331 e. The van der Waals surface area contributed by atoms with Crippen LogP contribution in [0.25, 0.3) is 6.08 Å². The molecule has 6 heteroatoms. The van der Waals surface area contributed by atoms with Crippen LogP contribution in [0.15, 0.2) is 54.6 Å². The van der Waals surface area contributed by atoms with Gasteiger partial charge in [0, 0.05) is 30.3 Å². The molecule has 28 heavy (non-hydrogen) atoms. The molecule has 146 valence electrons. The molecule has 1 aliphatic rings. The lowest BCUT2D eigenvalue weighted by molar-refractivity contribution is -0.157. The van der Waals surface area contributed by atoms with Gasteiger partial charge in [-0.05, 0) is 37.5 Å². The summed E-state index contributed by atoms with van der Waals surface area (Å²) in [7, 11) is 0. The van der Waals surface area contributed by atoms with E-state index in [0.717, 1.165) is 25.3 Å². The van der Waals surface area contributed by atoms with Gasteiger partial charge >= 0.3 is 5.97 Å². The van der Waals surface area contributed by atoms with Crippen LogP contribution in [0.5, 0.6) is 0 Å². The average Bonchev–Trinajstić information content (AvgIpc) is 2.72. The Morgan fingerprint density at radius 2 is 1.75 bits per heavy atom. The molecular formula is C22H21ClFNO3. The topological polar surface area (TPSA) is 46.6 Å². The number of carbonyl (C=O) groups is 2. The number of carbonyl (C=O) groups excluding carboxylic acids is 2. The first kappa shape index (κ1) is 20.1. The van der Waals surface area contributed by atoms with Gasteiger partial charge in [-0.2, -0.15) is 0 Å². The van der Waals surface area contributed by atoms with E-state index in [-0.39, 0.29) is 16.5 Å². The second-order valence-electron chi connectivity index (χ2n) is 6.58. The first-order valence-electron chi connectivity index (χ1n) is 9.22. The molecule has 1 amide bonds. The highest BCUT2D eigenvalue weighted by Gasteiger charge is 2.29. The zero-order chi connectivity index (χ0) is 19.9. The third-order valence-corrected chi connectivity index (χ3v) is 4.94. The zero-order valence-corrected chi connectivity index (χ0v) is 16.1. The minimum atomic E-state index is -1.03. The molecule has 0 aliphatic carbocycles. The Morgan fingerprint density at radius 3 is 2.43 bits per heavy atom. The zero-order valence-electron chi connectivity index (χ0n) is 15.3. The van der Waals surface area contributed by atoms with Crippen LogP contribution in [0.3, 0.4) is 0 Å². The molecule has 1 fully saturated rings. The van der Waals surface area contributed by atoms with Gasteiger partial charge in [0.2, 0.25) is 6.10 Å². The summed E-state index contributed by atoms with van der Waals surface area (Å²) in [5, 5.41) is 0.188. The number of benzene rings is 2. The molecule has 0 spiro atoms. The number of esters is 1. The maximum absolute atomic E-state index is 13.9. The number of piperidine rings is 1. The first-order chi connectivity index (χ1) is 13.6. The summed E-state index contributed by atoms with van der Waals surface area (Å²) in [5.41, 5.74) is 0.698. The van der Waals surface area contributed by atoms with E-state index >= 15 is 0 Å². The minimum Gasteiger partial charge on any atom is -0.444 e. The highest BCUT2D eigenvalue weighted by Crippen LogP contribution is 2.24. The van der Waals surface area contributed by atoms with Crippen LogP contribution >= 0.6 is 11.6 Å².